The number of nitrogens with one attached hydrogen (secondary N) is 1. The molecule has 0 unspecified atom stereocenters. The topological polar surface area (TPSA) is 142 Å². The fourth-order valence-corrected chi connectivity index (χ4v) is 3.06. The molecule has 0 amide bonds. The molecule has 0 saturated carbocycles. The zero-order valence-electron chi connectivity index (χ0n) is 14.7. The first-order valence-electron chi connectivity index (χ1n) is 8.19. The van der Waals surface area contributed by atoms with Crippen molar-refractivity contribution < 1.29 is 9.26 Å². The van der Waals surface area contributed by atoms with Gasteiger partial charge < -0.3 is 9.26 Å². The summed E-state index contributed by atoms with van der Waals surface area (Å²) in [6, 6.07) is 4.30. The Morgan fingerprint density at radius 3 is 2.67 bits per heavy atom. The van der Waals surface area contributed by atoms with Crippen LogP contribution in [0.1, 0.15) is 5.69 Å². The van der Waals surface area contributed by atoms with E-state index in [1.807, 2.05) is 4.98 Å². The Hall–Kier alpha value is -3.88. The first-order valence-corrected chi connectivity index (χ1v) is 8.95. The van der Waals surface area contributed by atoms with Gasteiger partial charge in [-0.2, -0.15) is 9.94 Å². The number of hydrogen-bond donors (Lipinski definition) is 1. The zero-order valence-corrected chi connectivity index (χ0v) is 16.3. The van der Waals surface area contributed by atoms with E-state index in [-0.39, 0.29) is 27.4 Å². The quantitative estimate of drug-likeness (QED) is 0.643. The number of rotatable bonds is 3. The molecule has 0 radical (unpaired) electrons. The Bertz CT molecular complexity index is 1310. The molecule has 0 saturated heterocycles. The van der Waals surface area contributed by atoms with Gasteiger partial charge in [0.2, 0.25) is 11.6 Å². The summed E-state index contributed by atoms with van der Waals surface area (Å²) in [6.07, 6.45) is 6.37. The van der Waals surface area contributed by atoms with Crippen molar-refractivity contribution in [2.45, 2.75) is 0 Å². The van der Waals surface area contributed by atoms with Crippen molar-refractivity contribution >= 4 is 34.8 Å². The lowest BCUT2D eigenvalue weighted by molar-refractivity contribution is 0.419. The third kappa shape index (κ3) is 3.69. The van der Waals surface area contributed by atoms with Crippen LogP contribution < -0.4 is 21.0 Å². The Balaban J connectivity index is 1.68. The van der Waals surface area contributed by atoms with Crippen molar-refractivity contribution in [1.82, 2.24) is 19.9 Å². The maximum absolute atomic E-state index is 12.1. The number of ether oxygens (including phenoxy) is 1. The lowest BCUT2D eigenvalue weighted by Gasteiger charge is -2.20. The summed E-state index contributed by atoms with van der Waals surface area (Å²) < 4.78 is 11.3. The van der Waals surface area contributed by atoms with Crippen LogP contribution in [0.15, 0.2) is 56.0 Å². The largest absolute Gasteiger partial charge is 0.434 e. The molecule has 11 nitrogen and oxygen atoms in total. The minimum atomic E-state index is -0.893. The molecule has 30 heavy (non-hydrogen) atoms. The third-order valence-corrected chi connectivity index (χ3v) is 4.40. The van der Waals surface area contributed by atoms with Crippen molar-refractivity contribution in [3.05, 3.63) is 73.3 Å². The van der Waals surface area contributed by atoms with Crippen LogP contribution in [0, 0.1) is 11.3 Å². The minimum absolute atomic E-state index is 0.0501. The normalized spacial score (nSPS) is 13.1. The number of aromatic amines is 1. The summed E-state index contributed by atoms with van der Waals surface area (Å²) in [6.45, 7) is 0.483. The Morgan fingerprint density at radius 2 is 2.00 bits per heavy atom. The van der Waals surface area contributed by atoms with E-state index in [0.29, 0.717) is 12.2 Å². The second kappa shape index (κ2) is 7.86. The average molecular weight is 446 g/mol. The first kappa shape index (κ1) is 19.4. The maximum Gasteiger partial charge on any atom is 0.349 e. The van der Waals surface area contributed by atoms with E-state index in [4.69, 9.17) is 37.7 Å². The van der Waals surface area contributed by atoms with Crippen LogP contribution >= 0.6 is 23.2 Å². The Morgan fingerprint density at radius 1 is 1.23 bits per heavy atom. The van der Waals surface area contributed by atoms with Crippen LogP contribution in [0.3, 0.4) is 0 Å². The molecule has 0 spiro atoms. The highest BCUT2D eigenvalue weighted by Gasteiger charge is 2.18. The maximum atomic E-state index is 12.1. The van der Waals surface area contributed by atoms with Crippen LogP contribution in [0.2, 0.25) is 10.0 Å². The standard InChI is InChI=1S/C17H9Cl2N7O4/c18-11-4-9(26-17(28)22-16(27)13(6-20)23-26)5-12(19)15(11)30-14-2-1-3-25(24-14)10-7-21-29-8-10/h1-2,4-5,7-8H,3H2,(H,22,27,28). The molecule has 0 aliphatic carbocycles. The molecule has 2 aromatic heterocycles. The van der Waals surface area contributed by atoms with Gasteiger partial charge in [0.05, 0.1) is 28.5 Å². The van der Waals surface area contributed by atoms with E-state index in [1.54, 1.807) is 23.2 Å². The lowest BCUT2D eigenvalue weighted by Crippen LogP contribution is -2.33. The van der Waals surface area contributed by atoms with Gasteiger partial charge in [-0.1, -0.05) is 34.4 Å². The molecule has 3 aromatic rings. The molecule has 1 aliphatic heterocycles. The third-order valence-electron chi connectivity index (χ3n) is 3.84. The van der Waals surface area contributed by atoms with Crippen molar-refractivity contribution in [3.63, 3.8) is 0 Å². The van der Waals surface area contributed by atoms with Gasteiger partial charge in [0, 0.05) is 6.08 Å². The highest BCUT2D eigenvalue weighted by Crippen LogP contribution is 2.35. The van der Waals surface area contributed by atoms with Crippen LogP contribution in [0.5, 0.6) is 5.75 Å². The van der Waals surface area contributed by atoms with Gasteiger partial charge in [-0.05, 0) is 12.1 Å². The van der Waals surface area contributed by atoms with E-state index >= 15 is 0 Å². The molecule has 3 heterocycles. The monoisotopic (exact) mass is 445 g/mol. The van der Waals surface area contributed by atoms with Crippen LogP contribution in [-0.2, 0) is 0 Å². The summed E-state index contributed by atoms with van der Waals surface area (Å²) in [5.74, 6) is 0.292. The molecule has 4 rings (SSSR count). The van der Waals surface area contributed by atoms with Crippen molar-refractivity contribution in [2.75, 3.05) is 11.6 Å². The minimum Gasteiger partial charge on any atom is -0.434 e. The number of nitriles is 1. The van der Waals surface area contributed by atoms with E-state index < -0.39 is 16.9 Å². The van der Waals surface area contributed by atoms with E-state index in [2.05, 4.69) is 15.4 Å². The summed E-state index contributed by atoms with van der Waals surface area (Å²) in [5, 5.41) is 22.3. The fraction of sp³-hybridized carbons (Fsp3) is 0.0588. The van der Waals surface area contributed by atoms with Gasteiger partial charge in [0.15, 0.2) is 5.75 Å². The summed E-state index contributed by atoms with van der Waals surface area (Å²) >= 11 is 12.6. The molecule has 0 fully saturated rings. The summed E-state index contributed by atoms with van der Waals surface area (Å²) in [4.78, 5) is 25.6. The predicted octanol–water partition coefficient (Wildman–Crippen LogP) is 1.86. The molecular weight excluding hydrogens is 437 g/mol. The average Bonchev–Trinajstić information content (AvgIpc) is 3.26. The van der Waals surface area contributed by atoms with Gasteiger partial charge in [-0.25, -0.2) is 4.79 Å². The number of hydrazone groups is 1. The van der Waals surface area contributed by atoms with Crippen LogP contribution in [0.25, 0.3) is 5.69 Å². The molecule has 13 heteroatoms. The van der Waals surface area contributed by atoms with Gasteiger partial charge >= 0.3 is 5.69 Å². The predicted molar refractivity (Wildman–Crippen MR) is 106 cm³/mol. The van der Waals surface area contributed by atoms with Crippen LogP contribution in [0.4, 0.5) is 5.69 Å². The number of aromatic nitrogens is 4. The van der Waals surface area contributed by atoms with Gasteiger partial charge in [0.1, 0.15) is 18.0 Å². The fourth-order valence-electron chi connectivity index (χ4n) is 2.51. The zero-order chi connectivity index (χ0) is 21.3. The molecule has 1 aromatic carbocycles. The van der Waals surface area contributed by atoms with Gasteiger partial charge in [-0.15, -0.1) is 10.2 Å². The van der Waals surface area contributed by atoms with E-state index in [1.165, 1.54) is 24.6 Å². The Labute approximate surface area is 177 Å². The van der Waals surface area contributed by atoms with Crippen molar-refractivity contribution in [1.29, 1.82) is 5.26 Å². The van der Waals surface area contributed by atoms with Gasteiger partial charge in [-0.3, -0.25) is 14.8 Å². The lowest BCUT2D eigenvalue weighted by atomic mass is 10.3. The molecular formula is C17H9Cl2N7O4. The number of halogens is 2. The molecule has 1 N–H and O–H groups in total. The number of benzene rings is 1. The smallest absolute Gasteiger partial charge is 0.349 e. The molecule has 1 aliphatic rings. The highest BCUT2D eigenvalue weighted by atomic mass is 35.5. The summed E-state index contributed by atoms with van der Waals surface area (Å²) in [5.41, 5.74) is -1.48. The second-order valence-electron chi connectivity index (χ2n) is 5.78. The molecule has 0 bridgehead atoms. The number of nitrogens with zero attached hydrogens (tertiary/aromatic N) is 6. The summed E-state index contributed by atoms with van der Waals surface area (Å²) in [7, 11) is 0. The van der Waals surface area contributed by atoms with E-state index in [9.17, 15) is 9.59 Å². The van der Waals surface area contributed by atoms with E-state index in [0.717, 1.165) is 4.68 Å². The van der Waals surface area contributed by atoms with Crippen molar-refractivity contribution in [3.8, 4) is 17.5 Å². The Kier molecular flexibility index (Phi) is 5.09. The first-order chi connectivity index (χ1) is 14.5. The van der Waals surface area contributed by atoms with Crippen LogP contribution in [-0.4, -0.2) is 32.4 Å². The molecule has 0 atom stereocenters. The van der Waals surface area contributed by atoms with Crippen molar-refractivity contribution in [2.24, 2.45) is 5.10 Å². The number of hydrogen-bond acceptors (Lipinski definition) is 9. The second-order valence-corrected chi connectivity index (χ2v) is 6.59. The SMILES string of the molecule is N#Cc1nn(-c2cc(Cl)c(OC3=NN(c4cnoc4)CC=C3)c(Cl)c2)c(=O)[nH]c1=O. The highest BCUT2D eigenvalue weighted by molar-refractivity contribution is 6.37. The van der Waals surface area contributed by atoms with Gasteiger partial charge in [0.25, 0.3) is 5.56 Å². The number of anilines is 1. The number of H-pyrrole nitrogens is 1. The molecule has 150 valence electrons.